The van der Waals surface area contributed by atoms with E-state index in [9.17, 15) is 0 Å². The largest absolute Gasteiger partial charge is 0.314 e. The lowest BCUT2D eigenvalue weighted by Crippen LogP contribution is -2.28. The molecule has 0 aliphatic rings. The van der Waals surface area contributed by atoms with Crippen molar-refractivity contribution in [3.63, 3.8) is 0 Å². The summed E-state index contributed by atoms with van der Waals surface area (Å²) < 4.78 is 0. The molecule has 0 aliphatic carbocycles. The van der Waals surface area contributed by atoms with Crippen molar-refractivity contribution in [1.29, 1.82) is 0 Å². The molecule has 0 saturated carbocycles. The topological polar surface area (TPSA) is 12.0 Å². The average Bonchev–Trinajstić information content (AvgIpc) is 2.48. The molecule has 1 unspecified atom stereocenters. The van der Waals surface area contributed by atoms with Crippen LogP contribution in [-0.2, 0) is 6.42 Å². The van der Waals surface area contributed by atoms with Crippen molar-refractivity contribution >= 4 is 11.6 Å². The molecule has 2 heteroatoms. The highest BCUT2D eigenvalue weighted by molar-refractivity contribution is 6.30. The predicted molar refractivity (Wildman–Crippen MR) is 95.2 cm³/mol. The van der Waals surface area contributed by atoms with Gasteiger partial charge in [-0.05, 0) is 44.0 Å². The summed E-state index contributed by atoms with van der Waals surface area (Å²) in [5, 5.41) is 4.44. The van der Waals surface area contributed by atoms with E-state index in [2.05, 4.69) is 31.3 Å². The minimum absolute atomic E-state index is 0.538. The van der Waals surface area contributed by atoms with E-state index in [1.807, 2.05) is 12.1 Å². The highest BCUT2D eigenvalue weighted by Crippen LogP contribution is 2.11. The van der Waals surface area contributed by atoms with Crippen molar-refractivity contribution in [1.82, 2.24) is 5.32 Å². The van der Waals surface area contributed by atoms with Gasteiger partial charge in [-0.1, -0.05) is 75.6 Å². The number of unbranched alkanes of at least 4 members (excludes halogenated alkanes) is 7. The Bertz CT molecular complexity index is 347. The normalized spacial score (nSPS) is 12.5. The highest BCUT2D eigenvalue weighted by Gasteiger charge is 2.02. The lowest BCUT2D eigenvalue weighted by Gasteiger charge is -2.14. The van der Waals surface area contributed by atoms with Crippen LogP contribution in [0.3, 0.4) is 0 Å². The molecular formula is C19H32ClN. The Balaban J connectivity index is 1.96. The second kappa shape index (κ2) is 12.1. The molecular weight excluding hydrogens is 278 g/mol. The van der Waals surface area contributed by atoms with Crippen molar-refractivity contribution in [2.75, 3.05) is 6.54 Å². The van der Waals surface area contributed by atoms with Gasteiger partial charge in [-0.25, -0.2) is 0 Å². The molecule has 0 spiro atoms. The molecule has 0 amide bonds. The number of benzene rings is 1. The van der Waals surface area contributed by atoms with Gasteiger partial charge in [-0.3, -0.25) is 0 Å². The van der Waals surface area contributed by atoms with E-state index in [4.69, 9.17) is 11.6 Å². The smallest absolute Gasteiger partial charge is 0.0406 e. The maximum atomic E-state index is 5.90. The summed E-state index contributed by atoms with van der Waals surface area (Å²) in [6.45, 7) is 5.68. The third kappa shape index (κ3) is 9.92. The highest BCUT2D eigenvalue weighted by atomic mass is 35.5. The van der Waals surface area contributed by atoms with Gasteiger partial charge in [0.25, 0.3) is 0 Å². The lowest BCUT2D eigenvalue weighted by atomic mass is 10.1. The standard InChI is InChI=1S/C19H32ClN/c1-3-4-5-6-7-8-9-10-15-21-17(2)16-18-11-13-19(20)14-12-18/h11-14,17,21H,3-10,15-16H2,1-2H3. The van der Waals surface area contributed by atoms with Crippen LogP contribution in [0.25, 0.3) is 0 Å². The fourth-order valence-corrected chi connectivity index (χ4v) is 2.78. The van der Waals surface area contributed by atoms with Gasteiger partial charge in [0.1, 0.15) is 0 Å². The third-order valence-corrected chi connectivity index (χ3v) is 4.23. The summed E-state index contributed by atoms with van der Waals surface area (Å²) >= 11 is 5.90. The monoisotopic (exact) mass is 309 g/mol. The number of nitrogens with one attached hydrogen (secondary N) is 1. The Hall–Kier alpha value is -0.530. The Labute approximate surface area is 136 Å². The fraction of sp³-hybridized carbons (Fsp3) is 0.684. The van der Waals surface area contributed by atoms with Gasteiger partial charge in [-0.2, -0.15) is 0 Å². The van der Waals surface area contributed by atoms with Gasteiger partial charge < -0.3 is 5.32 Å². The molecule has 1 aromatic rings. The second-order valence-corrected chi connectivity index (χ2v) is 6.60. The van der Waals surface area contributed by atoms with E-state index >= 15 is 0 Å². The van der Waals surface area contributed by atoms with Crippen LogP contribution in [0.5, 0.6) is 0 Å². The Morgan fingerprint density at radius 2 is 1.48 bits per heavy atom. The number of rotatable bonds is 12. The molecule has 0 fully saturated rings. The zero-order chi connectivity index (χ0) is 15.3. The SMILES string of the molecule is CCCCCCCCCCNC(C)Cc1ccc(Cl)cc1. The van der Waals surface area contributed by atoms with Crippen LogP contribution in [0, 0.1) is 0 Å². The number of hydrogen-bond acceptors (Lipinski definition) is 1. The zero-order valence-electron chi connectivity index (χ0n) is 13.8. The zero-order valence-corrected chi connectivity index (χ0v) is 14.6. The summed E-state index contributed by atoms with van der Waals surface area (Å²) in [7, 11) is 0. The van der Waals surface area contributed by atoms with E-state index in [1.165, 1.54) is 56.9 Å². The molecule has 120 valence electrons. The van der Waals surface area contributed by atoms with E-state index in [0.717, 1.165) is 18.0 Å². The quantitative estimate of drug-likeness (QED) is 0.467. The summed E-state index contributed by atoms with van der Waals surface area (Å²) in [4.78, 5) is 0. The summed E-state index contributed by atoms with van der Waals surface area (Å²) in [6.07, 6.45) is 12.2. The van der Waals surface area contributed by atoms with Crippen LogP contribution < -0.4 is 5.32 Å². The van der Waals surface area contributed by atoms with Gasteiger partial charge in [0, 0.05) is 11.1 Å². The molecule has 1 nitrogen and oxygen atoms in total. The first-order chi connectivity index (χ1) is 10.2. The van der Waals surface area contributed by atoms with Crippen LogP contribution in [0.2, 0.25) is 5.02 Å². The van der Waals surface area contributed by atoms with Gasteiger partial charge in [0.2, 0.25) is 0 Å². The molecule has 1 atom stereocenters. The first kappa shape index (κ1) is 18.5. The molecule has 0 saturated heterocycles. The maximum absolute atomic E-state index is 5.90. The third-order valence-electron chi connectivity index (χ3n) is 3.98. The van der Waals surface area contributed by atoms with Crippen molar-refractivity contribution in [2.24, 2.45) is 0 Å². The molecule has 0 aliphatic heterocycles. The van der Waals surface area contributed by atoms with Crippen molar-refractivity contribution in [3.05, 3.63) is 34.9 Å². The molecule has 1 N–H and O–H groups in total. The first-order valence-electron chi connectivity index (χ1n) is 8.70. The number of hydrogen-bond donors (Lipinski definition) is 1. The summed E-state index contributed by atoms with van der Waals surface area (Å²) in [5.74, 6) is 0. The van der Waals surface area contributed by atoms with E-state index in [1.54, 1.807) is 0 Å². The second-order valence-electron chi connectivity index (χ2n) is 6.16. The van der Waals surface area contributed by atoms with Crippen LogP contribution >= 0.6 is 11.6 Å². The van der Waals surface area contributed by atoms with Gasteiger partial charge in [0.05, 0.1) is 0 Å². The van der Waals surface area contributed by atoms with Crippen molar-refractivity contribution in [3.8, 4) is 0 Å². The van der Waals surface area contributed by atoms with Crippen LogP contribution in [-0.4, -0.2) is 12.6 Å². The molecule has 21 heavy (non-hydrogen) atoms. The predicted octanol–water partition coefficient (Wildman–Crippen LogP) is 6.00. The van der Waals surface area contributed by atoms with Gasteiger partial charge in [0.15, 0.2) is 0 Å². The van der Waals surface area contributed by atoms with E-state index < -0.39 is 0 Å². The van der Waals surface area contributed by atoms with E-state index in [0.29, 0.717) is 6.04 Å². The van der Waals surface area contributed by atoms with Crippen LogP contribution in [0.15, 0.2) is 24.3 Å². The number of halogens is 1. The summed E-state index contributed by atoms with van der Waals surface area (Å²) in [5.41, 5.74) is 1.36. The van der Waals surface area contributed by atoms with Crippen molar-refractivity contribution < 1.29 is 0 Å². The first-order valence-corrected chi connectivity index (χ1v) is 9.08. The Kier molecular flexibility index (Phi) is 10.6. The van der Waals surface area contributed by atoms with Gasteiger partial charge in [-0.15, -0.1) is 0 Å². The minimum atomic E-state index is 0.538. The average molecular weight is 310 g/mol. The van der Waals surface area contributed by atoms with Crippen LogP contribution in [0.1, 0.15) is 70.8 Å². The molecule has 0 radical (unpaired) electrons. The molecule has 0 bridgehead atoms. The Morgan fingerprint density at radius 1 is 0.905 bits per heavy atom. The maximum Gasteiger partial charge on any atom is 0.0406 e. The fourth-order valence-electron chi connectivity index (χ4n) is 2.65. The lowest BCUT2D eigenvalue weighted by molar-refractivity contribution is 0.508. The molecule has 0 heterocycles. The summed E-state index contributed by atoms with van der Waals surface area (Å²) in [6, 6.07) is 8.73. The van der Waals surface area contributed by atoms with Crippen molar-refractivity contribution in [2.45, 2.75) is 77.7 Å². The molecule has 1 aromatic carbocycles. The molecule has 0 aromatic heterocycles. The van der Waals surface area contributed by atoms with Crippen LogP contribution in [0.4, 0.5) is 0 Å². The molecule has 1 rings (SSSR count). The Morgan fingerprint density at radius 3 is 2.10 bits per heavy atom. The van der Waals surface area contributed by atoms with E-state index in [-0.39, 0.29) is 0 Å². The minimum Gasteiger partial charge on any atom is -0.314 e. The van der Waals surface area contributed by atoms with Gasteiger partial charge >= 0.3 is 0 Å².